The topological polar surface area (TPSA) is 76.3 Å². The number of fused-ring (bicyclic) bond motifs is 1. The first-order valence-electron chi connectivity index (χ1n) is 9.06. The van der Waals surface area contributed by atoms with Crippen LogP contribution in [0.1, 0.15) is 23.2 Å². The number of carbonyl (C=O) groups excluding carboxylic acids is 2. The Morgan fingerprint density at radius 2 is 1.75 bits per heavy atom. The lowest BCUT2D eigenvalue weighted by atomic mass is 9.99. The lowest BCUT2D eigenvalue weighted by Crippen LogP contribution is -2.35. The number of carbonyl (C=O) groups is 2. The van der Waals surface area contributed by atoms with Crippen LogP contribution in [0.15, 0.2) is 48.5 Å². The average Bonchev–Trinajstić information content (AvgIpc) is 2.66. The summed E-state index contributed by atoms with van der Waals surface area (Å²) >= 11 is 0. The Hall–Kier alpha value is -3.28. The smallest absolute Gasteiger partial charge is 0.231 e. The molecule has 1 heterocycles. The Balaban J connectivity index is 1.94. The molecule has 6 heteroatoms. The molecule has 0 saturated heterocycles. The second-order valence-electron chi connectivity index (χ2n) is 6.73. The molecule has 3 rings (SSSR count). The number of hydrogen-bond acceptors (Lipinski definition) is 3. The number of rotatable bonds is 6. The third-order valence-electron chi connectivity index (χ3n) is 4.83. The zero-order valence-electron chi connectivity index (χ0n) is 15.9. The number of hydrogen-bond donors (Lipinski definition) is 1. The summed E-state index contributed by atoms with van der Waals surface area (Å²) in [6, 6.07) is 13.4. The van der Waals surface area contributed by atoms with E-state index in [0.717, 1.165) is 27.7 Å². The fraction of sp³-hybridized carbons (Fsp3) is 0.227. The maximum Gasteiger partial charge on any atom is 0.231 e. The van der Waals surface area contributed by atoms with E-state index >= 15 is 0 Å². The molecule has 0 aliphatic rings. The number of pyridine rings is 1. The van der Waals surface area contributed by atoms with Gasteiger partial charge < -0.3 is 10.6 Å². The van der Waals surface area contributed by atoms with Crippen molar-refractivity contribution in [3.8, 4) is 0 Å². The fourth-order valence-corrected chi connectivity index (χ4v) is 3.32. The average molecular weight is 379 g/mol. The van der Waals surface area contributed by atoms with Crippen LogP contribution < -0.4 is 10.6 Å². The van der Waals surface area contributed by atoms with Crippen molar-refractivity contribution in [2.45, 2.75) is 26.7 Å². The van der Waals surface area contributed by atoms with Crippen molar-refractivity contribution in [1.82, 2.24) is 4.98 Å². The molecule has 144 valence electrons. The molecule has 1 aromatic heterocycles. The normalized spacial score (nSPS) is 10.8. The van der Waals surface area contributed by atoms with Crippen molar-refractivity contribution in [2.24, 2.45) is 5.73 Å². The third-order valence-corrected chi connectivity index (χ3v) is 4.83. The number of aromatic nitrogens is 1. The zero-order valence-corrected chi connectivity index (χ0v) is 15.9. The van der Waals surface area contributed by atoms with Crippen LogP contribution in [-0.4, -0.2) is 23.3 Å². The van der Waals surface area contributed by atoms with Gasteiger partial charge in [0, 0.05) is 29.7 Å². The highest BCUT2D eigenvalue weighted by molar-refractivity contribution is 5.96. The molecule has 5 nitrogen and oxygen atoms in total. The minimum atomic E-state index is -0.500. The lowest BCUT2D eigenvalue weighted by molar-refractivity contribution is -0.118. The number of nitrogens with zero attached hydrogens (tertiary/aromatic N) is 2. The lowest BCUT2D eigenvalue weighted by Gasteiger charge is -2.23. The number of anilines is 1. The van der Waals surface area contributed by atoms with Gasteiger partial charge in [-0.2, -0.15) is 0 Å². The number of halogens is 1. The summed E-state index contributed by atoms with van der Waals surface area (Å²) < 4.78 is 13.3. The predicted octanol–water partition coefficient (Wildman–Crippen LogP) is 3.44. The maximum atomic E-state index is 13.3. The Labute approximate surface area is 163 Å². The van der Waals surface area contributed by atoms with E-state index in [2.05, 4.69) is 4.98 Å². The number of aryl methyl sites for hydroxylation is 2. The first-order valence-corrected chi connectivity index (χ1v) is 9.06. The molecule has 0 aliphatic heterocycles. The van der Waals surface area contributed by atoms with E-state index in [1.165, 1.54) is 29.2 Å². The molecule has 0 fully saturated rings. The molecule has 28 heavy (non-hydrogen) atoms. The molecule has 2 amide bonds. The molecule has 0 bridgehead atoms. The number of para-hydroxylation sites is 1. The monoisotopic (exact) mass is 379 g/mol. The van der Waals surface area contributed by atoms with Gasteiger partial charge in [0.2, 0.25) is 11.8 Å². The van der Waals surface area contributed by atoms with Crippen LogP contribution in [0.3, 0.4) is 0 Å². The Kier molecular flexibility index (Phi) is 5.68. The minimum absolute atomic E-state index is 0.0249. The Morgan fingerprint density at radius 1 is 1.07 bits per heavy atom. The van der Waals surface area contributed by atoms with Gasteiger partial charge in [0.1, 0.15) is 5.82 Å². The molecule has 0 aliphatic carbocycles. The van der Waals surface area contributed by atoms with E-state index in [-0.39, 0.29) is 25.3 Å². The highest BCUT2D eigenvalue weighted by Crippen LogP contribution is 2.24. The van der Waals surface area contributed by atoms with Crippen LogP contribution in [0.2, 0.25) is 0 Å². The van der Waals surface area contributed by atoms with Crippen LogP contribution >= 0.6 is 0 Å². The number of amides is 2. The predicted molar refractivity (Wildman–Crippen MR) is 107 cm³/mol. The van der Waals surface area contributed by atoms with Crippen molar-refractivity contribution in [1.29, 1.82) is 0 Å². The summed E-state index contributed by atoms with van der Waals surface area (Å²) in [5.41, 5.74) is 9.32. The molecular formula is C22H22FN3O2. The van der Waals surface area contributed by atoms with Crippen molar-refractivity contribution in [3.63, 3.8) is 0 Å². The van der Waals surface area contributed by atoms with Crippen LogP contribution in [0.25, 0.3) is 10.9 Å². The van der Waals surface area contributed by atoms with E-state index in [0.29, 0.717) is 5.69 Å². The van der Waals surface area contributed by atoms with E-state index in [1.807, 2.05) is 38.1 Å². The SMILES string of the molecule is Cc1nc2ccccc2c(C)c1CC(=O)N(CCC(N)=O)c1ccc(F)cc1. The van der Waals surface area contributed by atoms with Crippen molar-refractivity contribution >= 4 is 28.4 Å². The molecule has 0 unspecified atom stereocenters. The van der Waals surface area contributed by atoms with Gasteiger partial charge in [0.15, 0.2) is 0 Å². The molecule has 0 spiro atoms. The third kappa shape index (κ3) is 4.17. The van der Waals surface area contributed by atoms with Crippen LogP contribution in [0.5, 0.6) is 0 Å². The minimum Gasteiger partial charge on any atom is -0.370 e. The highest BCUT2D eigenvalue weighted by atomic mass is 19.1. The molecule has 2 aromatic carbocycles. The van der Waals surface area contributed by atoms with Crippen LogP contribution in [0.4, 0.5) is 10.1 Å². The standard InChI is InChI=1S/C22H22FN3O2/c1-14-18-5-3-4-6-20(18)25-15(2)19(14)13-22(28)26(12-11-21(24)27)17-9-7-16(23)8-10-17/h3-10H,11-13H2,1-2H3,(H2,24,27). The van der Waals surface area contributed by atoms with Gasteiger partial charge in [-0.05, 0) is 55.3 Å². The summed E-state index contributed by atoms with van der Waals surface area (Å²) in [6.07, 6.45) is 0.155. The second kappa shape index (κ2) is 8.17. The molecule has 0 radical (unpaired) electrons. The second-order valence-corrected chi connectivity index (χ2v) is 6.73. The molecule has 3 aromatic rings. The van der Waals surface area contributed by atoms with Crippen LogP contribution in [-0.2, 0) is 16.0 Å². The van der Waals surface area contributed by atoms with Gasteiger partial charge in [-0.1, -0.05) is 18.2 Å². The Bertz CT molecular complexity index is 1030. The van der Waals surface area contributed by atoms with Gasteiger partial charge in [0.25, 0.3) is 0 Å². The highest BCUT2D eigenvalue weighted by Gasteiger charge is 2.20. The van der Waals surface area contributed by atoms with Crippen LogP contribution in [0, 0.1) is 19.7 Å². The summed E-state index contributed by atoms with van der Waals surface area (Å²) in [5, 5.41) is 1.00. The van der Waals surface area contributed by atoms with Gasteiger partial charge in [-0.15, -0.1) is 0 Å². The first-order chi connectivity index (χ1) is 13.4. The first kappa shape index (κ1) is 19.5. The summed E-state index contributed by atoms with van der Waals surface area (Å²) in [5.74, 6) is -1.09. The van der Waals surface area contributed by atoms with E-state index in [1.54, 1.807) is 0 Å². The van der Waals surface area contributed by atoms with E-state index < -0.39 is 11.7 Å². The summed E-state index contributed by atoms with van der Waals surface area (Å²) in [7, 11) is 0. The molecule has 2 N–H and O–H groups in total. The molecule has 0 saturated carbocycles. The van der Waals surface area contributed by atoms with E-state index in [9.17, 15) is 14.0 Å². The largest absolute Gasteiger partial charge is 0.370 e. The van der Waals surface area contributed by atoms with Gasteiger partial charge in [-0.3, -0.25) is 14.6 Å². The van der Waals surface area contributed by atoms with Gasteiger partial charge in [-0.25, -0.2) is 4.39 Å². The van der Waals surface area contributed by atoms with E-state index in [4.69, 9.17) is 5.73 Å². The van der Waals surface area contributed by atoms with Crippen molar-refractivity contribution < 1.29 is 14.0 Å². The number of primary amides is 1. The number of nitrogens with two attached hydrogens (primary N) is 1. The summed E-state index contributed by atoms with van der Waals surface area (Å²) in [6.45, 7) is 4.00. The Morgan fingerprint density at radius 3 is 2.43 bits per heavy atom. The fourth-order valence-electron chi connectivity index (χ4n) is 3.32. The number of benzene rings is 2. The summed E-state index contributed by atoms with van der Waals surface area (Å²) in [4.78, 5) is 30.4. The van der Waals surface area contributed by atoms with Gasteiger partial charge >= 0.3 is 0 Å². The molecule has 0 atom stereocenters. The van der Waals surface area contributed by atoms with Crippen molar-refractivity contribution in [3.05, 3.63) is 71.2 Å². The zero-order chi connectivity index (χ0) is 20.3. The quantitative estimate of drug-likeness (QED) is 0.713. The maximum absolute atomic E-state index is 13.3. The van der Waals surface area contributed by atoms with Crippen molar-refractivity contribution in [2.75, 3.05) is 11.4 Å². The van der Waals surface area contributed by atoms with Gasteiger partial charge in [0.05, 0.1) is 11.9 Å². The molecular weight excluding hydrogens is 357 g/mol.